The number of para-hydroxylation sites is 1. The smallest absolute Gasteiger partial charge is 0.202 e. The number of benzene rings is 2. The monoisotopic (exact) mass is 536 g/mol. The summed E-state index contributed by atoms with van der Waals surface area (Å²) in [5.41, 5.74) is 6.92. The highest BCUT2D eigenvalue weighted by atomic mass is 79.9. The van der Waals surface area contributed by atoms with Crippen molar-refractivity contribution >= 4 is 76.4 Å². The first-order valence-electron chi connectivity index (χ1n) is 9.85. The SMILES string of the molecule is Cc1ccc2[nH]c(C)c(C3=C(Br)C(=O)C(c4c(C)[nH]c5ccccc45)=C(Br)C3=O)c2c1. The number of ketones is 2. The van der Waals surface area contributed by atoms with Gasteiger partial charge in [-0.1, -0.05) is 29.8 Å². The Kier molecular flexibility index (Phi) is 4.68. The van der Waals surface area contributed by atoms with Crippen molar-refractivity contribution in [3.8, 4) is 0 Å². The van der Waals surface area contributed by atoms with Gasteiger partial charge < -0.3 is 9.97 Å². The van der Waals surface area contributed by atoms with Gasteiger partial charge in [0, 0.05) is 44.3 Å². The number of H-pyrrole nitrogens is 2. The Balaban J connectivity index is 1.76. The van der Waals surface area contributed by atoms with E-state index in [1.54, 1.807) is 0 Å². The van der Waals surface area contributed by atoms with E-state index in [-0.39, 0.29) is 20.5 Å². The predicted molar refractivity (Wildman–Crippen MR) is 133 cm³/mol. The van der Waals surface area contributed by atoms with Gasteiger partial charge in [0.1, 0.15) is 0 Å². The van der Waals surface area contributed by atoms with E-state index in [2.05, 4.69) is 41.8 Å². The van der Waals surface area contributed by atoms with Crippen LogP contribution in [0.1, 0.15) is 28.1 Å². The Morgan fingerprint density at radius 2 is 1.19 bits per heavy atom. The van der Waals surface area contributed by atoms with Crippen LogP contribution in [0.2, 0.25) is 0 Å². The lowest BCUT2D eigenvalue weighted by molar-refractivity contribution is -0.113. The quantitative estimate of drug-likeness (QED) is 0.281. The fourth-order valence-corrected chi connectivity index (χ4v) is 5.61. The van der Waals surface area contributed by atoms with Gasteiger partial charge in [0.25, 0.3) is 0 Å². The number of aromatic amines is 2. The van der Waals surface area contributed by atoms with E-state index in [9.17, 15) is 9.59 Å². The Bertz CT molecular complexity index is 1520. The molecule has 31 heavy (non-hydrogen) atoms. The van der Waals surface area contributed by atoms with Gasteiger partial charge in [-0.25, -0.2) is 0 Å². The molecule has 2 aromatic heterocycles. The molecule has 0 radical (unpaired) electrons. The summed E-state index contributed by atoms with van der Waals surface area (Å²) in [5.74, 6) is -0.424. The molecule has 2 aromatic carbocycles. The van der Waals surface area contributed by atoms with Gasteiger partial charge in [-0.15, -0.1) is 0 Å². The van der Waals surface area contributed by atoms with Gasteiger partial charge in [-0.05, 0) is 70.8 Å². The third-order valence-electron chi connectivity index (χ3n) is 5.83. The van der Waals surface area contributed by atoms with Gasteiger partial charge in [-0.2, -0.15) is 0 Å². The summed E-state index contributed by atoms with van der Waals surface area (Å²) in [5, 5.41) is 1.84. The summed E-state index contributed by atoms with van der Waals surface area (Å²) in [6.07, 6.45) is 0. The standard InChI is InChI=1S/C25H18Br2N2O2/c1-11-8-9-17-15(10-11)19(13(3)29-17)21-23(27)24(30)20(22(26)25(21)31)18-12(2)28-16-7-5-4-6-14(16)18/h4-10,28-29H,1-3H3. The molecule has 0 saturated heterocycles. The molecule has 1 aliphatic carbocycles. The number of aryl methyl sites for hydroxylation is 3. The largest absolute Gasteiger partial charge is 0.358 e. The molecule has 0 bridgehead atoms. The highest BCUT2D eigenvalue weighted by molar-refractivity contribution is 9.12. The third-order valence-corrected chi connectivity index (χ3v) is 7.34. The molecule has 0 amide bonds. The van der Waals surface area contributed by atoms with Gasteiger partial charge in [0.15, 0.2) is 0 Å². The fraction of sp³-hybridized carbons (Fsp3) is 0.120. The molecule has 5 rings (SSSR count). The minimum absolute atomic E-state index is 0.211. The van der Waals surface area contributed by atoms with Crippen LogP contribution in [-0.2, 0) is 9.59 Å². The number of carbonyl (C=O) groups excluding carboxylic acids is 2. The lowest BCUT2D eigenvalue weighted by Crippen LogP contribution is -2.19. The normalized spacial score (nSPS) is 15.1. The van der Waals surface area contributed by atoms with Crippen molar-refractivity contribution in [1.82, 2.24) is 9.97 Å². The summed E-state index contributed by atoms with van der Waals surface area (Å²) < 4.78 is 0.566. The molecule has 154 valence electrons. The Morgan fingerprint density at radius 1 is 0.677 bits per heavy atom. The first kappa shape index (κ1) is 20.2. The lowest BCUT2D eigenvalue weighted by Gasteiger charge is -2.19. The molecule has 2 heterocycles. The van der Waals surface area contributed by atoms with Crippen molar-refractivity contribution in [2.45, 2.75) is 20.8 Å². The van der Waals surface area contributed by atoms with Crippen LogP contribution >= 0.6 is 31.9 Å². The molecule has 1 aliphatic rings. The second kappa shape index (κ2) is 7.18. The van der Waals surface area contributed by atoms with Crippen LogP contribution in [0.3, 0.4) is 0 Å². The maximum absolute atomic E-state index is 13.6. The van der Waals surface area contributed by atoms with Crippen LogP contribution in [0.25, 0.3) is 33.0 Å². The van der Waals surface area contributed by atoms with Gasteiger partial charge in [0.05, 0.1) is 20.1 Å². The maximum atomic E-state index is 13.6. The molecule has 0 spiro atoms. The molecular weight excluding hydrogens is 520 g/mol. The van der Waals surface area contributed by atoms with Gasteiger partial charge in [-0.3, -0.25) is 9.59 Å². The summed E-state index contributed by atoms with van der Waals surface area (Å²) in [6.45, 7) is 5.85. The third kappa shape index (κ3) is 2.92. The van der Waals surface area contributed by atoms with Crippen molar-refractivity contribution in [3.63, 3.8) is 0 Å². The number of Topliss-reactive ketones (excluding diaryl/α,β-unsaturated/α-hetero) is 2. The van der Waals surface area contributed by atoms with E-state index >= 15 is 0 Å². The highest BCUT2D eigenvalue weighted by Gasteiger charge is 2.37. The lowest BCUT2D eigenvalue weighted by atomic mass is 9.87. The van der Waals surface area contributed by atoms with E-state index in [1.807, 2.05) is 63.2 Å². The Labute approximate surface area is 195 Å². The van der Waals surface area contributed by atoms with Crippen LogP contribution in [-0.4, -0.2) is 21.5 Å². The molecule has 4 aromatic rings. The second-order valence-corrected chi connectivity index (χ2v) is 9.47. The van der Waals surface area contributed by atoms with E-state index in [0.717, 1.165) is 49.9 Å². The van der Waals surface area contributed by atoms with Crippen molar-refractivity contribution in [3.05, 3.63) is 79.5 Å². The number of fused-ring (bicyclic) bond motifs is 2. The number of hydrogen-bond acceptors (Lipinski definition) is 2. The van der Waals surface area contributed by atoms with Crippen molar-refractivity contribution in [1.29, 1.82) is 0 Å². The highest BCUT2D eigenvalue weighted by Crippen LogP contribution is 2.45. The Morgan fingerprint density at radius 3 is 1.81 bits per heavy atom. The van der Waals surface area contributed by atoms with E-state index in [1.165, 1.54) is 0 Å². The minimum Gasteiger partial charge on any atom is -0.358 e. The second-order valence-electron chi connectivity index (χ2n) is 7.88. The molecule has 6 heteroatoms. The van der Waals surface area contributed by atoms with Crippen molar-refractivity contribution in [2.24, 2.45) is 0 Å². The summed E-state index contributed by atoms with van der Waals surface area (Å²) >= 11 is 6.98. The minimum atomic E-state index is -0.212. The molecule has 4 nitrogen and oxygen atoms in total. The van der Waals surface area contributed by atoms with Crippen molar-refractivity contribution < 1.29 is 9.59 Å². The average Bonchev–Trinajstić information content (AvgIpc) is 3.23. The molecule has 0 unspecified atom stereocenters. The molecule has 0 fully saturated rings. The van der Waals surface area contributed by atoms with Crippen LogP contribution < -0.4 is 0 Å². The zero-order chi connectivity index (χ0) is 22.0. The fourth-order valence-electron chi connectivity index (χ4n) is 4.45. The van der Waals surface area contributed by atoms with Gasteiger partial charge >= 0.3 is 0 Å². The van der Waals surface area contributed by atoms with E-state index in [4.69, 9.17) is 0 Å². The van der Waals surface area contributed by atoms with E-state index < -0.39 is 0 Å². The predicted octanol–water partition coefficient (Wildman–Crippen LogP) is 6.64. The number of hydrogen-bond donors (Lipinski definition) is 2. The van der Waals surface area contributed by atoms with Gasteiger partial charge in [0.2, 0.25) is 11.6 Å². The summed E-state index contributed by atoms with van der Waals surface area (Å²) in [4.78, 5) is 33.9. The topological polar surface area (TPSA) is 65.7 Å². The molecule has 0 saturated carbocycles. The number of rotatable bonds is 2. The number of allylic oxidation sites excluding steroid dienone is 4. The van der Waals surface area contributed by atoms with Crippen LogP contribution in [0.15, 0.2) is 51.4 Å². The Hall–Kier alpha value is -2.70. The van der Waals surface area contributed by atoms with Crippen LogP contribution in [0.5, 0.6) is 0 Å². The zero-order valence-electron chi connectivity index (χ0n) is 17.1. The maximum Gasteiger partial charge on any atom is 0.202 e. The molecule has 2 N–H and O–H groups in total. The zero-order valence-corrected chi connectivity index (χ0v) is 20.3. The van der Waals surface area contributed by atoms with E-state index in [0.29, 0.717) is 11.1 Å². The van der Waals surface area contributed by atoms with Crippen LogP contribution in [0.4, 0.5) is 0 Å². The molecule has 0 aliphatic heterocycles. The first-order valence-corrected chi connectivity index (χ1v) is 11.4. The number of aromatic nitrogens is 2. The first-order chi connectivity index (χ1) is 14.8. The molecule has 0 atom stereocenters. The van der Waals surface area contributed by atoms with Crippen LogP contribution in [0, 0.1) is 20.8 Å². The number of nitrogens with one attached hydrogen (secondary N) is 2. The molecular formula is C25H18Br2N2O2. The van der Waals surface area contributed by atoms with Crippen molar-refractivity contribution in [2.75, 3.05) is 0 Å². The number of halogens is 2. The summed E-state index contributed by atoms with van der Waals surface area (Å²) in [6, 6.07) is 13.8. The number of carbonyl (C=O) groups is 2. The average molecular weight is 538 g/mol. The summed E-state index contributed by atoms with van der Waals surface area (Å²) in [7, 11) is 0.